The quantitative estimate of drug-likeness (QED) is 0.771. The third-order valence-electron chi connectivity index (χ3n) is 3.44. The fraction of sp³-hybridized carbons (Fsp3) is 0.467. The number of amides is 2. The smallest absolute Gasteiger partial charge is 0.255 e. The molecule has 1 fully saturated rings. The second-order valence-corrected chi connectivity index (χ2v) is 6.48. The molecule has 1 aliphatic heterocycles. The van der Waals surface area contributed by atoms with Gasteiger partial charge in [0.2, 0.25) is 5.91 Å². The van der Waals surface area contributed by atoms with Gasteiger partial charge in [0.25, 0.3) is 5.91 Å². The van der Waals surface area contributed by atoms with Gasteiger partial charge in [-0.2, -0.15) is 0 Å². The van der Waals surface area contributed by atoms with Crippen molar-refractivity contribution in [1.29, 1.82) is 0 Å². The van der Waals surface area contributed by atoms with Crippen LogP contribution in [-0.2, 0) is 4.79 Å². The Bertz CT molecular complexity index is 524. The van der Waals surface area contributed by atoms with Crippen LogP contribution in [0.3, 0.4) is 0 Å². The van der Waals surface area contributed by atoms with Gasteiger partial charge < -0.3 is 15.5 Å². The van der Waals surface area contributed by atoms with Crippen LogP contribution in [0.2, 0.25) is 5.02 Å². The van der Waals surface area contributed by atoms with E-state index in [4.69, 9.17) is 11.6 Å². The van der Waals surface area contributed by atoms with E-state index in [1.165, 1.54) is 0 Å². The number of benzene rings is 1. The first-order valence-corrected chi connectivity index (χ1v) is 8.73. The molecule has 0 spiro atoms. The number of carbonyl (C=O) groups is 2. The van der Waals surface area contributed by atoms with E-state index in [-0.39, 0.29) is 11.8 Å². The van der Waals surface area contributed by atoms with E-state index in [1.807, 2.05) is 7.05 Å². The summed E-state index contributed by atoms with van der Waals surface area (Å²) in [6.07, 6.45) is 0.868. The van der Waals surface area contributed by atoms with E-state index in [0.29, 0.717) is 28.8 Å². The van der Waals surface area contributed by atoms with Crippen LogP contribution in [0.1, 0.15) is 16.8 Å². The molecule has 2 amide bonds. The standard InChI is InChI=1S/C15H20ClN3O2S/c1-17-7-2-8-18-14(20)13-9-22-10-19(13)15(21)11-3-5-12(16)6-4-11/h3-6,13,17H,2,7-10H2,1H3,(H,18,20). The summed E-state index contributed by atoms with van der Waals surface area (Å²) in [7, 11) is 1.88. The van der Waals surface area contributed by atoms with Gasteiger partial charge in [-0.1, -0.05) is 11.6 Å². The van der Waals surface area contributed by atoms with E-state index in [9.17, 15) is 9.59 Å². The predicted molar refractivity (Wildman–Crippen MR) is 90.3 cm³/mol. The van der Waals surface area contributed by atoms with Gasteiger partial charge >= 0.3 is 0 Å². The van der Waals surface area contributed by atoms with E-state index >= 15 is 0 Å². The van der Waals surface area contributed by atoms with Crippen LogP contribution in [0.25, 0.3) is 0 Å². The van der Waals surface area contributed by atoms with Crippen molar-refractivity contribution in [3.8, 4) is 0 Å². The van der Waals surface area contributed by atoms with Crippen molar-refractivity contribution in [2.24, 2.45) is 0 Å². The Balaban J connectivity index is 1.96. The van der Waals surface area contributed by atoms with Crippen LogP contribution in [-0.4, -0.2) is 54.5 Å². The maximum absolute atomic E-state index is 12.5. The Morgan fingerprint density at radius 3 is 2.73 bits per heavy atom. The molecule has 1 unspecified atom stereocenters. The van der Waals surface area contributed by atoms with Crippen molar-refractivity contribution in [2.45, 2.75) is 12.5 Å². The molecule has 22 heavy (non-hydrogen) atoms. The monoisotopic (exact) mass is 341 g/mol. The van der Waals surface area contributed by atoms with E-state index < -0.39 is 6.04 Å². The number of hydrogen-bond acceptors (Lipinski definition) is 4. The molecule has 7 heteroatoms. The van der Waals surface area contributed by atoms with E-state index in [2.05, 4.69) is 10.6 Å². The summed E-state index contributed by atoms with van der Waals surface area (Å²) in [5.74, 6) is 0.966. The summed E-state index contributed by atoms with van der Waals surface area (Å²) in [5.41, 5.74) is 0.555. The Kier molecular flexibility index (Phi) is 6.54. The molecule has 2 rings (SSSR count). The number of carbonyl (C=O) groups excluding carboxylic acids is 2. The molecule has 0 aromatic heterocycles. The number of rotatable bonds is 6. The second-order valence-electron chi connectivity index (χ2n) is 5.05. The number of nitrogens with zero attached hydrogens (tertiary/aromatic N) is 1. The molecule has 0 aliphatic carbocycles. The third-order valence-corrected chi connectivity index (χ3v) is 4.70. The van der Waals surface area contributed by atoms with Crippen molar-refractivity contribution in [1.82, 2.24) is 15.5 Å². The van der Waals surface area contributed by atoms with E-state index in [0.717, 1.165) is 13.0 Å². The van der Waals surface area contributed by atoms with Gasteiger partial charge in [-0.3, -0.25) is 9.59 Å². The number of nitrogens with one attached hydrogen (secondary N) is 2. The van der Waals surface area contributed by atoms with Crippen molar-refractivity contribution < 1.29 is 9.59 Å². The van der Waals surface area contributed by atoms with Crippen molar-refractivity contribution in [3.63, 3.8) is 0 Å². The van der Waals surface area contributed by atoms with Crippen molar-refractivity contribution >= 4 is 35.2 Å². The maximum Gasteiger partial charge on any atom is 0.255 e. The zero-order valence-electron chi connectivity index (χ0n) is 12.5. The Hall–Kier alpha value is -1.24. The summed E-state index contributed by atoms with van der Waals surface area (Å²) in [4.78, 5) is 26.4. The molecular weight excluding hydrogens is 322 g/mol. The lowest BCUT2D eigenvalue weighted by Crippen LogP contribution is -2.47. The molecule has 1 saturated heterocycles. The van der Waals surface area contributed by atoms with Gasteiger partial charge in [-0.05, 0) is 44.3 Å². The number of thioether (sulfide) groups is 1. The molecule has 0 bridgehead atoms. The van der Waals surface area contributed by atoms with Gasteiger partial charge in [0, 0.05) is 22.9 Å². The molecule has 120 valence electrons. The highest BCUT2D eigenvalue weighted by Gasteiger charge is 2.34. The highest BCUT2D eigenvalue weighted by Crippen LogP contribution is 2.23. The molecule has 0 radical (unpaired) electrons. The molecule has 1 aliphatic rings. The zero-order chi connectivity index (χ0) is 15.9. The Morgan fingerprint density at radius 2 is 2.05 bits per heavy atom. The maximum atomic E-state index is 12.5. The van der Waals surface area contributed by atoms with Gasteiger partial charge in [0.1, 0.15) is 6.04 Å². The van der Waals surface area contributed by atoms with Crippen LogP contribution in [0.5, 0.6) is 0 Å². The lowest BCUT2D eigenvalue weighted by molar-refractivity contribution is -0.124. The minimum Gasteiger partial charge on any atom is -0.354 e. The van der Waals surface area contributed by atoms with Gasteiger partial charge in [0.15, 0.2) is 0 Å². The average Bonchev–Trinajstić information content (AvgIpc) is 3.01. The predicted octanol–water partition coefficient (Wildman–Crippen LogP) is 1.58. The molecule has 1 heterocycles. The summed E-state index contributed by atoms with van der Waals surface area (Å²) >= 11 is 7.43. The van der Waals surface area contributed by atoms with Crippen LogP contribution in [0.4, 0.5) is 0 Å². The second kappa shape index (κ2) is 8.41. The highest BCUT2D eigenvalue weighted by atomic mass is 35.5. The topological polar surface area (TPSA) is 61.4 Å². The Morgan fingerprint density at radius 1 is 1.32 bits per heavy atom. The lowest BCUT2D eigenvalue weighted by Gasteiger charge is -2.23. The molecule has 1 atom stereocenters. The normalized spacial score (nSPS) is 17.5. The number of halogens is 1. The first kappa shape index (κ1) is 17.1. The molecule has 1 aromatic carbocycles. The first-order chi connectivity index (χ1) is 10.6. The average molecular weight is 342 g/mol. The minimum atomic E-state index is -0.400. The summed E-state index contributed by atoms with van der Waals surface area (Å²) in [6, 6.07) is 6.35. The SMILES string of the molecule is CNCCCNC(=O)C1CSCN1C(=O)c1ccc(Cl)cc1. The van der Waals surface area contributed by atoms with Crippen LogP contribution >= 0.6 is 23.4 Å². The van der Waals surface area contributed by atoms with Gasteiger partial charge in [-0.25, -0.2) is 0 Å². The first-order valence-electron chi connectivity index (χ1n) is 7.20. The third kappa shape index (κ3) is 4.38. The molecule has 5 nitrogen and oxygen atoms in total. The minimum absolute atomic E-state index is 0.0802. The van der Waals surface area contributed by atoms with Crippen molar-refractivity contribution in [2.75, 3.05) is 31.8 Å². The molecular formula is C15H20ClN3O2S. The largest absolute Gasteiger partial charge is 0.354 e. The molecule has 1 aromatic rings. The van der Waals surface area contributed by atoms with Crippen LogP contribution in [0.15, 0.2) is 24.3 Å². The van der Waals surface area contributed by atoms with Crippen molar-refractivity contribution in [3.05, 3.63) is 34.9 Å². The number of hydrogen-bond donors (Lipinski definition) is 2. The molecule has 2 N–H and O–H groups in total. The van der Waals surface area contributed by atoms with E-state index in [1.54, 1.807) is 40.9 Å². The fourth-order valence-electron chi connectivity index (χ4n) is 2.21. The molecule has 0 saturated carbocycles. The highest BCUT2D eigenvalue weighted by molar-refractivity contribution is 7.99. The summed E-state index contributed by atoms with van der Waals surface area (Å²) < 4.78 is 0. The summed E-state index contributed by atoms with van der Waals surface area (Å²) in [6.45, 7) is 1.47. The summed E-state index contributed by atoms with van der Waals surface area (Å²) in [5, 5.41) is 6.52. The fourth-order valence-corrected chi connectivity index (χ4v) is 3.49. The van der Waals surface area contributed by atoms with Crippen LogP contribution in [0, 0.1) is 0 Å². The Labute approximate surface area is 139 Å². The van der Waals surface area contributed by atoms with Gasteiger partial charge in [-0.15, -0.1) is 11.8 Å². The lowest BCUT2D eigenvalue weighted by atomic mass is 10.1. The van der Waals surface area contributed by atoms with Crippen LogP contribution < -0.4 is 10.6 Å². The zero-order valence-corrected chi connectivity index (χ0v) is 14.0. The van der Waals surface area contributed by atoms with Gasteiger partial charge in [0.05, 0.1) is 5.88 Å².